The number of aromatic nitrogens is 1. The van der Waals surface area contributed by atoms with Crippen molar-refractivity contribution in [1.29, 1.82) is 0 Å². The summed E-state index contributed by atoms with van der Waals surface area (Å²) in [6.45, 7) is 7.37. The Labute approximate surface area is 182 Å². The molecule has 0 spiro atoms. The molecule has 1 aliphatic carbocycles. The van der Waals surface area contributed by atoms with Crippen LogP contribution in [-0.2, 0) is 9.53 Å². The molecule has 1 amide bonds. The van der Waals surface area contributed by atoms with Crippen molar-refractivity contribution in [2.45, 2.75) is 32.6 Å². The SMILES string of the molecule is COc1ccc(C)c2sc(N(CCCN3CCOCC3)C(=O)C3CCC3)nc12.Cl. The monoisotopic (exact) mass is 439 g/mol. The van der Waals surface area contributed by atoms with Gasteiger partial charge >= 0.3 is 0 Å². The number of halogens is 1. The third kappa shape index (κ3) is 4.85. The number of nitrogens with zero attached hydrogens (tertiary/aromatic N) is 3. The number of aryl methyl sites for hydroxylation is 1. The smallest absolute Gasteiger partial charge is 0.231 e. The van der Waals surface area contributed by atoms with Crippen molar-refractivity contribution < 1.29 is 14.3 Å². The number of amides is 1. The average molecular weight is 440 g/mol. The Bertz CT molecular complexity index is 834. The van der Waals surface area contributed by atoms with Gasteiger partial charge in [0.2, 0.25) is 5.91 Å². The summed E-state index contributed by atoms with van der Waals surface area (Å²) in [4.78, 5) is 22.3. The van der Waals surface area contributed by atoms with E-state index in [1.165, 1.54) is 5.56 Å². The van der Waals surface area contributed by atoms with Crippen LogP contribution in [-0.4, -0.2) is 62.3 Å². The number of morpholine rings is 1. The van der Waals surface area contributed by atoms with Crippen LogP contribution in [0.3, 0.4) is 0 Å². The summed E-state index contributed by atoms with van der Waals surface area (Å²) >= 11 is 1.61. The zero-order valence-corrected chi connectivity index (χ0v) is 18.8. The molecule has 1 aliphatic heterocycles. The van der Waals surface area contributed by atoms with Gasteiger partial charge in [-0.15, -0.1) is 12.4 Å². The fourth-order valence-corrected chi connectivity index (χ4v) is 4.91. The van der Waals surface area contributed by atoms with E-state index in [0.29, 0.717) is 6.54 Å². The van der Waals surface area contributed by atoms with Gasteiger partial charge in [0, 0.05) is 32.1 Å². The van der Waals surface area contributed by atoms with Crippen LogP contribution in [0.2, 0.25) is 0 Å². The zero-order valence-electron chi connectivity index (χ0n) is 17.2. The van der Waals surface area contributed by atoms with Crippen LogP contribution in [0.5, 0.6) is 5.75 Å². The quantitative estimate of drug-likeness (QED) is 0.655. The summed E-state index contributed by atoms with van der Waals surface area (Å²) in [6.07, 6.45) is 4.12. The average Bonchev–Trinajstić information content (AvgIpc) is 3.11. The molecule has 2 aromatic rings. The van der Waals surface area contributed by atoms with Gasteiger partial charge in [-0.1, -0.05) is 23.8 Å². The van der Waals surface area contributed by atoms with E-state index in [9.17, 15) is 4.79 Å². The van der Waals surface area contributed by atoms with Crippen molar-refractivity contribution in [2.24, 2.45) is 5.92 Å². The number of fused-ring (bicyclic) bond motifs is 1. The fourth-order valence-electron chi connectivity index (χ4n) is 3.83. The van der Waals surface area contributed by atoms with Crippen LogP contribution >= 0.6 is 23.7 Å². The van der Waals surface area contributed by atoms with Gasteiger partial charge in [-0.3, -0.25) is 14.6 Å². The topological polar surface area (TPSA) is 54.9 Å². The van der Waals surface area contributed by atoms with Crippen LogP contribution in [0.15, 0.2) is 12.1 Å². The van der Waals surface area contributed by atoms with Crippen molar-refractivity contribution in [1.82, 2.24) is 9.88 Å². The largest absolute Gasteiger partial charge is 0.494 e. The number of carbonyl (C=O) groups excluding carboxylic acids is 1. The van der Waals surface area contributed by atoms with Crippen molar-refractivity contribution in [3.63, 3.8) is 0 Å². The highest BCUT2D eigenvalue weighted by Crippen LogP contribution is 2.38. The molecule has 1 saturated heterocycles. The summed E-state index contributed by atoms with van der Waals surface area (Å²) < 4.78 is 12.0. The maximum absolute atomic E-state index is 13.2. The molecular formula is C21H30ClN3O3S. The minimum Gasteiger partial charge on any atom is -0.494 e. The highest BCUT2D eigenvalue weighted by Gasteiger charge is 2.32. The van der Waals surface area contributed by atoms with E-state index in [1.54, 1.807) is 18.4 Å². The molecule has 6 nitrogen and oxygen atoms in total. The summed E-state index contributed by atoms with van der Waals surface area (Å²) in [7, 11) is 1.67. The number of rotatable bonds is 7. The lowest BCUT2D eigenvalue weighted by Gasteiger charge is -2.31. The molecule has 2 fully saturated rings. The van der Waals surface area contributed by atoms with E-state index in [-0.39, 0.29) is 24.2 Å². The summed E-state index contributed by atoms with van der Waals surface area (Å²) in [5, 5.41) is 0.807. The summed E-state index contributed by atoms with van der Waals surface area (Å²) in [5.74, 6) is 1.18. The molecule has 1 aromatic heterocycles. The molecular weight excluding hydrogens is 410 g/mol. The second-order valence-electron chi connectivity index (χ2n) is 7.68. The van der Waals surface area contributed by atoms with E-state index in [4.69, 9.17) is 14.5 Å². The molecule has 1 aromatic carbocycles. The first kappa shape index (κ1) is 22.3. The van der Waals surface area contributed by atoms with Gasteiger partial charge in [0.1, 0.15) is 11.3 Å². The van der Waals surface area contributed by atoms with Crippen molar-refractivity contribution >= 4 is 45.0 Å². The predicted octanol–water partition coefficient (Wildman–Crippen LogP) is 3.89. The Morgan fingerprint density at radius 1 is 1.34 bits per heavy atom. The van der Waals surface area contributed by atoms with Crippen molar-refractivity contribution in [2.75, 3.05) is 51.4 Å². The standard InChI is InChI=1S/C21H29N3O3S.ClH/c1-15-7-8-17(26-2)18-19(15)28-21(22-18)24(20(25)16-5-3-6-16)10-4-9-23-11-13-27-14-12-23;/h7-8,16H,3-6,9-14H2,1-2H3;1H. The maximum Gasteiger partial charge on any atom is 0.231 e. The third-order valence-corrected chi connectivity index (χ3v) is 7.04. The molecule has 0 radical (unpaired) electrons. The minimum atomic E-state index is 0. The highest BCUT2D eigenvalue weighted by atomic mass is 35.5. The Hall–Kier alpha value is -1.41. The van der Waals surface area contributed by atoms with Crippen molar-refractivity contribution in [3.05, 3.63) is 17.7 Å². The van der Waals surface area contributed by atoms with Gasteiger partial charge in [0.15, 0.2) is 5.13 Å². The Balaban J connectivity index is 0.00000240. The number of ether oxygens (including phenoxy) is 2. The first-order valence-electron chi connectivity index (χ1n) is 10.2. The van der Waals surface area contributed by atoms with Crippen LogP contribution in [0.4, 0.5) is 5.13 Å². The first-order chi connectivity index (χ1) is 13.7. The van der Waals surface area contributed by atoms with Gasteiger partial charge in [-0.2, -0.15) is 0 Å². The third-order valence-electron chi connectivity index (χ3n) is 5.82. The van der Waals surface area contributed by atoms with Crippen LogP contribution in [0.25, 0.3) is 10.2 Å². The number of thiazole rings is 1. The van der Waals surface area contributed by atoms with E-state index >= 15 is 0 Å². The number of methoxy groups -OCH3 is 1. The molecule has 1 saturated carbocycles. The minimum absolute atomic E-state index is 0. The van der Waals surface area contributed by atoms with Crippen LogP contribution in [0, 0.1) is 12.8 Å². The molecule has 4 rings (SSSR count). The zero-order chi connectivity index (χ0) is 19.5. The van der Waals surface area contributed by atoms with Gasteiger partial charge in [-0.25, -0.2) is 4.98 Å². The Kier molecular flexibility index (Phi) is 7.73. The molecule has 0 unspecified atom stereocenters. The van der Waals surface area contributed by atoms with Crippen molar-refractivity contribution in [3.8, 4) is 5.75 Å². The molecule has 0 atom stereocenters. The van der Waals surface area contributed by atoms with Gasteiger partial charge in [0.05, 0.1) is 25.0 Å². The molecule has 0 bridgehead atoms. The molecule has 8 heteroatoms. The first-order valence-corrected chi connectivity index (χ1v) is 11.0. The van der Waals surface area contributed by atoms with Gasteiger partial charge in [-0.05, 0) is 37.8 Å². The summed E-state index contributed by atoms with van der Waals surface area (Å²) in [6, 6.07) is 4.01. The molecule has 0 N–H and O–H groups in total. The van der Waals surface area contributed by atoms with Crippen LogP contribution in [0.1, 0.15) is 31.2 Å². The number of hydrogen-bond donors (Lipinski definition) is 0. The number of anilines is 1. The molecule has 160 valence electrons. The Morgan fingerprint density at radius 2 is 2.10 bits per heavy atom. The lowest BCUT2D eigenvalue weighted by Crippen LogP contribution is -2.42. The van der Waals surface area contributed by atoms with E-state index in [1.807, 2.05) is 11.0 Å². The number of benzene rings is 1. The molecule has 2 aliphatic rings. The predicted molar refractivity (Wildman–Crippen MR) is 120 cm³/mol. The van der Waals surface area contributed by atoms with Gasteiger partial charge < -0.3 is 9.47 Å². The number of carbonyl (C=O) groups is 1. The number of hydrogen-bond acceptors (Lipinski definition) is 6. The molecule has 2 heterocycles. The van der Waals surface area contributed by atoms with E-state index in [2.05, 4.69) is 17.9 Å². The maximum atomic E-state index is 13.2. The molecule has 29 heavy (non-hydrogen) atoms. The highest BCUT2D eigenvalue weighted by molar-refractivity contribution is 7.22. The fraction of sp³-hybridized carbons (Fsp3) is 0.619. The lowest BCUT2D eigenvalue weighted by molar-refractivity contribution is -0.124. The van der Waals surface area contributed by atoms with Gasteiger partial charge in [0.25, 0.3) is 0 Å². The second kappa shape index (κ2) is 10.1. The van der Waals surface area contributed by atoms with E-state index in [0.717, 1.165) is 79.6 Å². The Morgan fingerprint density at radius 3 is 2.76 bits per heavy atom. The van der Waals surface area contributed by atoms with E-state index < -0.39 is 0 Å². The lowest BCUT2D eigenvalue weighted by atomic mass is 9.84. The normalized spacial score (nSPS) is 17.6. The summed E-state index contributed by atoms with van der Waals surface area (Å²) in [5.41, 5.74) is 2.03. The second-order valence-corrected chi connectivity index (χ2v) is 8.66. The van der Waals surface area contributed by atoms with Crippen LogP contribution < -0.4 is 9.64 Å².